The summed E-state index contributed by atoms with van der Waals surface area (Å²) in [7, 11) is 0. The molecule has 2 aliphatic rings. The van der Waals surface area contributed by atoms with Gasteiger partial charge in [-0.15, -0.1) is 0 Å². The number of fused-ring (bicyclic) bond motifs is 1. The van der Waals surface area contributed by atoms with Crippen molar-refractivity contribution < 1.29 is 23.9 Å². The van der Waals surface area contributed by atoms with Crippen LogP contribution in [0, 0.1) is 0 Å². The van der Waals surface area contributed by atoms with Gasteiger partial charge in [0.05, 0.1) is 23.4 Å². The molecular formula is C29H27N3O5. The van der Waals surface area contributed by atoms with Crippen molar-refractivity contribution in [1.82, 2.24) is 10.2 Å². The Bertz CT molecular complexity index is 1350. The maximum absolute atomic E-state index is 13.2. The maximum atomic E-state index is 13.2. The van der Waals surface area contributed by atoms with Gasteiger partial charge in [0, 0.05) is 30.3 Å². The molecule has 3 aromatic rings. The average molecular weight is 498 g/mol. The van der Waals surface area contributed by atoms with Crippen LogP contribution in [0.4, 0.5) is 5.69 Å². The van der Waals surface area contributed by atoms with E-state index >= 15 is 0 Å². The second-order valence-electron chi connectivity index (χ2n) is 9.04. The van der Waals surface area contributed by atoms with Gasteiger partial charge in [0.25, 0.3) is 23.6 Å². The fourth-order valence-electron chi connectivity index (χ4n) is 4.73. The monoisotopic (exact) mass is 497 g/mol. The lowest BCUT2D eigenvalue weighted by atomic mass is 10.0. The van der Waals surface area contributed by atoms with Crippen molar-refractivity contribution in [2.24, 2.45) is 0 Å². The lowest BCUT2D eigenvalue weighted by molar-refractivity contribution is 0.0697. The van der Waals surface area contributed by atoms with E-state index in [9.17, 15) is 19.2 Å². The van der Waals surface area contributed by atoms with Gasteiger partial charge >= 0.3 is 0 Å². The summed E-state index contributed by atoms with van der Waals surface area (Å²) in [4.78, 5) is 54.6. The molecule has 5 rings (SSSR count). The zero-order chi connectivity index (χ0) is 25.9. The Balaban J connectivity index is 1.24. The SMILES string of the molecule is CCOc1ccc(N2C(=O)c3ccc(C(=O)N4CCC(NC(=O)c5ccccc5)CC4)cc3C2=O)cc1. The van der Waals surface area contributed by atoms with E-state index in [0.717, 1.165) is 4.90 Å². The van der Waals surface area contributed by atoms with E-state index in [0.29, 0.717) is 55.1 Å². The first kappa shape index (κ1) is 24.2. The summed E-state index contributed by atoms with van der Waals surface area (Å²) >= 11 is 0. The van der Waals surface area contributed by atoms with Gasteiger partial charge in [-0.2, -0.15) is 0 Å². The van der Waals surface area contributed by atoms with Crippen LogP contribution in [0.2, 0.25) is 0 Å². The number of hydrogen-bond donors (Lipinski definition) is 1. The molecule has 0 aliphatic carbocycles. The van der Waals surface area contributed by atoms with Crippen molar-refractivity contribution in [3.8, 4) is 5.75 Å². The van der Waals surface area contributed by atoms with Gasteiger partial charge in [0.1, 0.15) is 5.75 Å². The Morgan fingerprint density at radius 1 is 0.865 bits per heavy atom. The van der Waals surface area contributed by atoms with Crippen LogP contribution < -0.4 is 15.0 Å². The van der Waals surface area contributed by atoms with E-state index in [-0.39, 0.29) is 29.0 Å². The van der Waals surface area contributed by atoms with Crippen LogP contribution in [0.1, 0.15) is 61.2 Å². The normalized spacial score (nSPS) is 15.5. The molecule has 8 nitrogen and oxygen atoms in total. The van der Waals surface area contributed by atoms with Gasteiger partial charge in [-0.1, -0.05) is 18.2 Å². The lowest BCUT2D eigenvalue weighted by Gasteiger charge is -2.32. The molecule has 4 amide bonds. The zero-order valence-corrected chi connectivity index (χ0v) is 20.5. The zero-order valence-electron chi connectivity index (χ0n) is 20.5. The predicted molar refractivity (Wildman–Crippen MR) is 138 cm³/mol. The average Bonchev–Trinajstić information content (AvgIpc) is 3.19. The van der Waals surface area contributed by atoms with E-state index in [2.05, 4.69) is 5.32 Å². The van der Waals surface area contributed by atoms with E-state index in [1.54, 1.807) is 53.4 Å². The van der Waals surface area contributed by atoms with Gasteiger partial charge in [0.15, 0.2) is 0 Å². The Labute approximate surface area is 214 Å². The number of carbonyl (C=O) groups excluding carboxylic acids is 4. The fourth-order valence-corrected chi connectivity index (χ4v) is 4.73. The topological polar surface area (TPSA) is 96.0 Å². The molecule has 8 heteroatoms. The highest BCUT2D eigenvalue weighted by Gasteiger charge is 2.37. The van der Waals surface area contributed by atoms with Crippen LogP contribution >= 0.6 is 0 Å². The molecule has 1 N–H and O–H groups in total. The van der Waals surface area contributed by atoms with E-state index in [1.165, 1.54) is 6.07 Å². The molecule has 2 heterocycles. The van der Waals surface area contributed by atoms with Crippen LogP contribution in [0.15, 0.2) is 72.8 Å². The molecule has 0 aromatic heterocycles. The molecule has 3 aromatic carbocycles. The Kier molecular flexibility index (Phi) is 6.72. The number of hydrogen-bond acceptors (Lipinski definition) is 5. The Hall–Kier alpha value is -4.46. The third-order valence-corrected chi connectivity index (χ3v) is 6.69. The number of anilines is 1. The molecule has 37 heavy (non-hydrogen) atoms. The molecule has 1 fully saturated rings. The van der Waals surface area contributed by atoms with Crippen molar-refractivity contribution in [2.75, 3.05) is 24.6 Å². The fraction of sp³-hybridized carbons (Fsp3) is 0.241. The van der Waals surface area contributed by atoms with Gasteiger partial charge < -0.3 is 15.0 Å². The van der Waals surface area contributed by atoms with Crippen LogP contribution in [-0.4, -0.2) is 54.3 Å². The third kappa shape index (κ3) is 4.82. The van der Waals surface area contributed by atoms with Crippen molar-refractivity contribution in [3.63, 3.8) is 0 Å². The summed E-state index contributed by atoms with van der Waals surface area (Å²) in [6.07, 6.45) is 1.27. The van der Waals surface area contributed by atoms with Crippen molar-refractivity contribution in [3.05, 3.63) is 95.1 Å². The highest BCUT2D eigenvalue weighted by Crippen LogP contribution is 2.30. The third-order valence-electron chi connectivity index (χ3n) is 6.69. The first-order valence-corrected chi connectivity index (χ1v) is 12.4. The van der Waals surface area contributed by atoms with Gasteiger partial charge in [-0.25, -0.2) is 4.90 Å². The van der Waals surface area contributed by atoms with Crippen molar-refractivity contribution in [2.45, 2.75) is 25.8 Å². The molecule has 0 radical (unpaired) electrons. The Morgan fingerprint density at radius 2 is 1.54 bits per heavy atom. The number of nitrogens with one attached hydrogen (secondary N) is 1. The number of likely N-dealkylation sites (tertiary alicyclic amines) is 1. The van der Waals surface area contributed by atoms with Crippen LogP contribution in [-0.2, 0) is 0 Å². The summed E-state index contributed by atoms with van der Waals surface area (Å²) < 4.78 is 5.43. The van der Waals surface area contributed by atoms with Gasteiger partial charge in [-0.05, 0) is 74.4 Å². The molecule has 0 unspecified atom stereocenters. The minimum atomic E-state index is -0.457. The number of piperidine rings is 1. The summed E-state index contributed by atoms with van der Waals surface area (Å²) in [5.41, 5.74) is 1.91. The minimum absolute atomic E-state index is 0.0151. The molecule has 0 bridgehead atoms. The first-order valence-electron chi connectivity index (χ1n) is 12.4. The number of benzene rings is 3. The number of rotatable bonds is 6. The largest absolute Gasteiger partial charge is 0.494 e. The second kappa shape index (κ2) is 10.3. The second-order valence-corrected chi connectivity index (χ2v) is 9.04. The molecular weight excluding hydrogens is 470 g/mol. The number of nitrogens with zero attached hydrogens (tertiary/aromatic N) is 2. The quantitative estimate of drug-likeness (QED) is 0.521. The summed E-state index contributed by atoms with van der Waals surface area (Å²) in [6.45, 7) is 3.37. The molecule has 2 aliphatic heterocycles. The maximum Gasteiger partial charge on any atom is 0.266 e. The van der Waals surface area contributed by atoms with E-state index in [1.807, 2.05) is 25.1 Å². The Morgan fingerprint density at radius 3 is 2.22 bits per heavy atom. The predicted octanol–water partition coefficient (Wildman–Crippen LogP) is 3.92. The first-order chi connectivity index (χ1) is 18.0. The summed E-state index contributed by atoms with van der Waals surface area (Å²) in [5, 5.41) is 3.04. The van der Waals surface area contributed by atoms with E-state index < -0.39 is 11.8 Å². The van der Waals surface area contributed by atoms with Crippen LogP contribution in [0.5, 0.6) is 5.75 Å². The number of amides is 4. The number of carbonyl (C=O) groups is 4. The van der Waals surface area contributed by atoms with E-state index in [4.69, 9.17) is 4.74 Å². The molecule has 188 valence electrons. The number of imide groups is 1. The minimum Gasteiger partial charge on any atom is -0.494 e. The van der Waals surface area contributed by atoms with Crippen LogP contribution in [0.3, 0.4) is 0 Å². The smallest absolute Gasteiger partial charge is 0.266 e. The molecule has 0 saturated carbocycles. The van der Waals surface area contributed by atoms with Gasteiger partial charge in [0.2, 0.25) is 0 Å². The van der Waals surface area contributed by atoms with Crippen molar-refractivity contribution >= 4 is 29.3 Å². The molecule has 1 saturated heterocycles. The summed E-state index contributed by atoms with van der Waals surface area (Å²) in [5.74, 6) is -0.543. The summed E-state index contributed by atoms with van der Waals surface area (Å²) in [6, 6.07) is 20.4. The molecule has 0 atom stereocenters. The number of ether oxygens (including phenoxy) is 1. The van der Waals surface area contributed by atoms with Crippen LogP contribution in [0.25, 0.3) is 0 Å². The van der Waals surface area contributed by atoms with Gasteiger partial charge in [-0.3, -0.25) is 19.2 Å². The highest BCUT2D eigenvalue weighted by molar-refractivity contribution is 6.34. The highest BCUT2D eigenvalue weighted by atomic mass is 16.5. The molecule has 0 spiro atoms. The standard InChI is InChI=1S/C29H27N3O5/c1-2-37-23-11-9-22(10-12-23)32-28(35)24-13-8-20(18-25(24)29(32)36)27(34)31-16-14-21(15-17-31)30-26(33)19-6-4-3-5-7-19/h3-13,18,21H,2,14-17H2,1H3,(H,30,33). The van der Waals surface area contributed by atoms with Crippen molar-refractivity contribution in [1.29, 1.82) is 0 Å². The lowest BCUT2D eigenvalue weighted by Crippen LogP contribution is -2.46.